The van der Waals surface area contributed by atoms with E-state index in [0.29, 0.717) is 6.54 Å². The van der Waals surface area contributed by atoms with E-state index < -0.39 is 4.92 Å². The normalized spacial score (nSPS) is 10.0. The standard InChI is InChI=1S/C15H17N5O2/c1-3-9-16-14-13(20(21)22)15(18-10-17-14)19-12-7-5-11(4-2)6-8-12/h3,5-8,10H,1,4,9H2,2H3,(H2,16,17,18,19). The van der Waals surface area contributed by atoms with Crippen molar-refractivity contribution in [1.82, 2.24) is 9.97 Å². The Hall–Kier alpha value is -2.96. The third-order valence-corrected chi connectivity index (χ3v) is 3.04. The third kappa shape index (κ3) is 3.57. The summed E-state index contributed by atoms with van der Waals surface area (Å²) in [6.07, 6.45) is 3.81. The second-order valence-corrected chi connectivity index (χ2v) is 4.52. The fraction of sp³-hybridized carbons (Fsp3) is 0.200. The molecule has 0 saturated heterocycles. The molecule has 0 amide bonds. The summed E-state index contributed by atoms with van der Waals surface area (Å²) >= 11 is 0. The second-order valence-electron chi connectivity index (χ2n) is 4.52. The maximum atomic E-state index is 11.3. The first-order valence-electron chi connectivity index (χ1n) is 6.85. The lowest BCUT2D eigenvalue weighted by molar-refractivity contribution is -0.383. The first kappa shape index (κ1) is 15.4. The Morgan fingerprint density at radius 3 is 2.55 bits per heavy atom. The van der Waals surface area contributed by atoms with Gasteiger partial charge in [0.15, 0.2) is 0 Å². The molecule has 7 nitrogen and oxygen atoms in total. The van der Waals surface area contributed by atoms with Crippen LogP contribution < -0.4 is 10.6 Å². The van der Waals surface area contributed by atoms with E-state index in [-0.39, 0.29) is 17.3 Å². The van der Waals surface area contributed by atoms with Gasteiger partial charge in [0.05, 0.1) is 4.92 Å². The average molecular weight is 299 g/mol. The van der Waals surface area contributed by atoms with E-state index in [4.69, 9.17) is 0 Å². The van der Waals surface area contributed by atoms with Gasteiger partial charge in [0.2, 0.25) is 11.6 Å². The molecular formula is C15H17N5O2. The Labute approximate surface area is 128 Å². The van der Waals surface area contributed by atoms with Crippen LogP contribution in [0.3, 0.4) is 0 Å². The van der Waals surface area contributed by atoms with Crippen LogP contribution >= 0.6 is 0 Å². The molecule has 0 unspecified atom stereocenters. The van der Waals surface area contributed by atoms with Gasteiger partial charge < -0.3 is 10.6 Å². The van der Waals surface area contributed by atoms with E-state index >= 15 is 0 Å². The maximum absolute atomic E-state index is 11.3. The lowest BCUT2D eigenvalue weighted by Gasteiger charge is -2.09. The third-order valence-electron chi connectivity index (χ3n) is 3.04. The van der Waals surface area contributed by atoms with Crippen LogP contribution in [0.5, 0.6) is 0 Å². The molecule has 22 heavy (non-hydrogen) atoms. The highest BCUT2D eigenvalue weighted by molar-refractivity contribution is 5.73. The van der Waals surface area contributed by atoms with E-state index in [1.807, 2.05) is 24.3 Å². The number of aryl methyl sites for hydroxylation is 1. The number of aromatic nitrogens is 2. The SMILES string of the molecule is C=CCNc1ncnc(Nc2ccc(CC)cc2)c1[N+](=O)[O-]. The zero-order chi connectivity index (χ0) is 15.9. The fourth-order valence-electron chi connectivity index (χ4n) is 1.90. The largest absolute Gasteiger partial charge is 0.361 e. The molecule has 0 bridgehead atoms. The van der Waals surface area contributed by atoms with Crippen molar-refractivity contribution in [3.05, 3.63) is 58.9 Å². The van der Waals surface area contributed by atoms with Crippen molar-refractivity contribution in [2.45, 2.75) is 13.3 Å². The molecule has 0 aliphatic rings. The number of anilines is 3. The predicted molar refractivity (Wildman–Crippen MR) is 86.5 cm³/mol. The molecule has 0 aliphatic heterocycles. The lowest BCUT2D eigenvalue weighted by Crippen LogP contribution is -2.08. The molecule has 2 aromatic rings. The zero-order valence-electron chi connectivity index (χ0n) is 12.2. The highest BCUT2D eigenvalue weighted by atomic mass is 16.6. The van der Waals surface area contributed by atoms with Gasteiger partial charge in [-0.15, -0.1) is 6.58 Å². The van der Waals surface area contributed by atoms with Crippen molar-refractivity contribution in [1.29, 1.82) is 0 Å². The summed E-state index contributed by atoms with van der Waals surface area (Å²) < 4.78 is 0. The van der Waals surface area contributed by atoms with Crippen molar-refractivity contribution in [2.75, 3.05) is 17.2 Å². The molecule has 0 fully saturated rings. The van der Waals surface area contributed by atoms with Gasteiger partial charge in [0.25, 0.3) is 0 Å². The molecule has 1 heterocycles. The van der Waals surface area contributed by atoms with Crippen LogP contribution in [0.1, 0.15) is 12.5 Å². The Morgan fingerprint density at radius 2 is 1.95 bits per heavy atom. The van der Waals surface area contributed by atoms with Crippen LogP contribution in [0, 0.1) is 10.1 Å². The Balaban J connectivity index is 2.32. The predicted octanol–water partition coefficient (Wildman–Crippen LogP) is 3.29. The van der Waals surface area contributed by atoms with E-state index in [1.54, 1.807) is 6.08 Å². The fourth-order valence-corrected chi connectivity index (χ4v) is 1.90. The van der Waals surface area contributed by atoms with Crippen LogP contribution in [0.2, 0.25) is 0 Å². The highest BCUT2D eigenvalue weighted by Gasteiger charge is 2.22. The molecule has 0 atom stereocenters. The first-order valence-corrected chi connectivity index (χ1v) is 6.85. The number of nitrogens with zero attached hydrogens (tertiary/aromatic N) is 3. The minimum atomic E-state index is -0.506. The van der Waals surface area contributed by atoms with Gasteiger partial charge in [-0.3, -0.25) is 10.1 Å². The summed E-state index contributed by atoms with van der Waals surface area (Å²) in [4.78, 5) is 18.7. The van der Waals surface area contributed by atoms with Gasteiger partial charge in [0.1, 0.15) is 6.33 Å². The van der Waals surface area contributed by atoms with Crippen LogP contribution in [0.15, 0.2) is 43.2 Å². The van der Waals surface area contributed by atoms with Crippen molar-refractivity contribution in [3.63, 3.8) is 0 Å². The lowest BCUT2D eigenvalue weighted by atomic mass is 10.1. The van der Waals surface area contributed by atoms with Crippen LogP contribution in [0.4, 0.5) is 23.0 Å². The van der Waals surface area contributed by atoms with Crippen LogP contribution in [-0.2, 0) is 6.42 Å². The van der Waals surface area contributed by atoms with E-state index in [9.17, 15) is 10.1 Å². The molecule has 0 radical (unpaired) electrons. The van der Waals surface area contributed by atoms with Gasteiger partial charge in [-0.1, -0.05) is 25.1 Å². The quantitative estimate of drug-likeness (QED) is 0.463. The minimum Gasteiger partial charge on any atom is -0.361 e. The number of rotatable bonds is 7. The molecule has 2 N–H and O–H groups in total. The monoisotopic (exact) mass is 299 g/mol. The molecule has 2 rings (SSSR count). The summed E-state index contributed by atoms with van der Waals surface area (Å²) in [5, 5.41) is 17.1. The number of hydrogen-bond donors (Lipinski definition) is 2. The number of nitro groups is 1. The molecular weight excluding hydrogens is 282 g/mol. The number of nitrogens with one attached hydrogen (secondary N) is 2. The highest BCUT2D eigenvalue weighted by Crippen LogP contribution is 2.30. The van der Waals surface area contributed by atoms with Crippen molar-refractivity contribution in [3.8, 4) is 0 Å². The van der Waals surface area contributed by atoms with E-state index in [1.165, 1.54) is 11.9 Å². The number of benzene rings is 1. The Morgan fingerprint density at radius 1 is 1.27 bits per heavy atom. The Kier molecular flexibility index (Phi) is 5.02. The molecule has 1 aromatic carbocycles. The zero-order valence-corrected chi connectivity index (χ0v) is 12.2. The van der Waals surface area contributed by atoms with Crippen LogP contribution in [-0.4, -0.2) is 21.4 Å². The first-order chi connectivity index (χ1) is 10.7. The summed E-state index contributed by atoms with van der Waals surface area (Å²) in [5.74, 6) is 0.309. The number of hydrogen-bond acceptors (Lipinski definition) is 6. The molecule has 0 aliphatic carbocycles. The van der Waals surface area contributed by atoms with Gasteiger partial charge in [-0.25, -0.2) is 9.97 Å². The van der Waals surface area contributed by atoms with Gasteiger partial charge >= 0.3 is 5.69 Å². The maximum Gasteiger partial charge on any atom is 0.353 e. The molecule has 0 spiro atoms. The topological polar surface area (TPSA) is 93.0 Å². The van der Waals surface area contributed by atoms with Gasteiger partial charge in [-0.2, -0.15) is 0 Å². The molecule has 1 aromatic heterocycles. The van der Waals surface area contributed by atoms with Crippen molar-refractivity contribution < 1.29 is 4.92 Å². The molecule has 114 valence electrons. The van der Waals surface area contributed by atoms with Gasteiger partial charge in [0, 0.05) is 12.2 Å². The van der Waals surface area contributed by atoms with E-state index in [0.717, 1.165) is 12.1 Å². The second kappa shape index (κ2) is 7.16. The molecule has 0 saturated carbocycles. The average Bonchev–Trinajstić information content (AvgIpc) is 2.53. The molecule has 7 heteroatoms. The van der Waals surface area contributed by atoms with Crippen molar-refractivity contribution >= 4 is 23.0 Å². The van der Waals surface area contributed by atoms with Crippen molar-refractivity contribution in [2.24, 2.45) is 0 Å². The van der Waals surface area contributed by atoms with E-state index in [2.05, 4.69) is 34.1 Å². The summed E-state index contributed by atoms with van der Waals surface area (Å²) in [6, 6.07) is 7.65. The smallest absolute Gasteiger partial charge is 0.353 e. The minimum absolute atomic E-state index is 0.149. The van der Waals surface area contributed by atoms with Crippen LogP contribution in [0.25, 0.3) is 0 Å². The summed E-state index contributed by atoms with van der Waals surface area (Å²) in [7, 11) is 0. The Bertz CT molecular complexity index is 670. The summed E-state index contributed by atoms with van der Waals surface area (Å²) in [6.45, 7) is 6.01. The van der Waals surface area contributed by atoms with Gasteiger partial charge in [-0.05, 0) is 24.1 Å². The summed E-state index contributed by atoms with van der Waals surface area (Å²) in [5.41, 5.74) is 1.73.